The van der Waals surface area contributed by atoms with Gasteiger partial charge in [0.2, 0.25) is 0 Å². The van der Waals surface area contributed by atoms with Crippen LogP contribution in [0.4, 0.5) is 5.82 Å². The highest BCUT2D eigenvalue weighted by molar-refractivity contribution is 5.48. The summed E-state index contributed by atoms with van der Waals surface area (Å²) in [5.74, 6) is 1.05. The molecular weight excluding hydrogens is 250 g/mol. The molecule has 5 nitrogen and oxygen atoms in total. The van der Waals surface area contributed by atoms with Gasteiger partial charge in [-0.25, -0.2) is 9.97 Å². The van der Waals surface area contributed by atoms with Crippen molar-refractivity contribution in [2.45, 2.75) is 19.4 Å². The van der Waals surface area contributed by atoms with E-state index < -0.39 is 0 Å². The first kappa shape index (κ1) is 13.0. The lowest BCUT2D eigenvalue weighted by Gasteiger charge is -2.25. The summed E-state index contributed by atoms with van der Waals surface area (Å²) in [6, 6.07) is 4.12. The summed E-state index contributed by atoms with van der Waals surface area (Å²) in [7, 11) is 2.10. The standard InChI is InChI=1S/C15H19N5/c1-20(9-5-12-2-6-16-7-3-12)15-13-10-17-8-4-14(13)18-11-19-15/h2-3,6-7,11,17H,4-5,8-10H2,1H3. The minimum atomic E-state index is 0.866. The third-order valence-electron chi connectivity index (χ3n) is 3.70. The monoisotopic (exact) mass is 269 g/mol. The molecule has 3 rings (SSSR count). The average molecular weight is 269 g/mol. The molecule has 0 spiro atoms. The predicted molar refractivity (Wildman–Crippen MR) is 78.7 cm³/mol. The van der Waals surface area contributed by atoms with Crippen molar-refractivity contribution in [1.29, 1.82) is 0 Å². The molecule has 0 saturated heterocycles. The molecule has 2 aromatic heterocycles. The van der Waals surface area contributed by atoms with E-state index in [0.717, 1.165) is 38.3 Å². The van der Waals surface area contributed by atoms with Gasteiger partial charge >= 0.3 is 0 Å². The first-order chi connectivity index (χ1) is 9.84. The highest BCUT2D eigenvalue weighted by atomic mass is 15.2. The van der Waals surface area contributed by atoms with Crippen LogP contribution in [0.1, 0.15) is 16.8 Å². The minimum absolute atomic E-state index is 0.866. The van der Waals surface area contributed by atoms with Gasteiger partial charge in [0.1, 0.15) is 12.1 Å². The smallest absolute Gasteiger partial charge is 0.136 e. The fourth-order valence-electron chi connectivity index (χ4n) is 2.54. The Morgan fingerprint density at radius 2 is 2.10 bits per heavy atom. The zero-order valence-corrected chi connectivity index (χ0v) is 11.7. The van der Waals surface area contributed by atoms with Crippen LogP contribution in [0.15, 0.2) is 30.9 Å². The normalized spacial score (nSPS) is 13.8. The van der Waals surface area contributed by atoms with Gasteiger partial charge in [-0.15, -0.1) is 0 Å². The summed E-state index contributed by atoms with van der Waals surface area (Å²) in [6.45, 7) is 2.81. The third kappa shape index (κ3) is 2.77. The number of pyridine rings is 1. The third-order valence-corrected chi connectivity index (χ3v) is 3.70. The molecule has 1 N–H and O–H groups in total. The molecule has 0 saturated carbocycles. The molecule has 0 radical (unpaired) electrons. The Kier molecular flexibility index (Phi) is 3.87. The van der Waals surface area contributed by atoms with Gasteiger partial charge in [0.05, 0.1) is 5.69 Å². The second-order valence-electron chi connectivity index (χ2n) is 5.08. The van der Waals surface area contributed by atoms with Gasteiger partial charge < -0.3 is 10.2 Å². The predicted octanol–water partition coefficient (Wildman–Crippen LogP) is 1.20. The summed E-state index contributed by atoms with van der Waals surface area (Å²) < 4.78 is 0. The summed E-state index contributed by atoms with van der Waals surface area (Å²) >= 11 is 0. The fraction of sp³-hybridized carbons (Fsp3) is 0.400. The van der Waals surface area contributed by atoms with Gasteiger partial charge in [0.25, 0.3) is 0 Å². The van der Waals surface area contributed by atoms with Gasteiger partial charge in [-0.2, -0.15) is 0 Å². The number of rotatable bonds is 4. The maximum absolute atomic E-state index is 4.47. The number of likely N-dealkylation sites (N-methyl/N-ethyl adjacent to an activating group) is 1. The molecule has 1 aliphatic rings. The van der Waals surface area contributed by atoms with Crippen LogP contribution >= 0.6 is 0 Å². The van der Waals surface area contributed by atoms with Crippen molar-refractivity contribution in [2.75, 3.05) is 25.0 Å². The Labute approximate surface area is 119 Å². The summed E-state index contributed by atoms with van der Waals surface area (Å²) in [4.78, 5) is 15.1. The fourth-order valence-corrected chi connectivity index (χ4v) is 2.54. The molecule has 0 unspecified atom stereocenters. The maximum atomic E-state index is 4.47. The van der Waals surface area contributed by atoms with E-state index in [1.165, 1.54) is 16.8 Å². The Morgan fingerprint density at radius 3 is 2.95 bits per heavy atom. The first-order valence-electron chi connectivity index (χ1n) is 6.98. The van der Waals surface area contributed by atoms with E-state index in [-0.39, 0.29) is 0 Å². The zero-order valence-electron chi connectivity index (χ0n) is 11.7. The number of hydrogen-bond acceptors (Lipinski definition) is 5. The van der Waals surface area contributed by atoms with Gasteiger partial charge in [-0.05, 0) is 24.1 Å². The molecule has 20 heavy (non-hydrogen) atoms. The van der Waals surface area contributed by atoms with E-state index in [0.29, 0.717) is 0 Å². The van der Waals surface area contributed by atoms with E-state index in [1.807, 2.05) is 12.4 Å². The molecule has 0 aliphatic carbocycles. The summed E-state index contributed by atoms with van der Waals surface area (Å²) in [6.07, 6.45) is 7.34. The van der Waals surface area contributed by atoms with Crippen molar-refractivity contribution in [1.82, 2.24) is 20.3 Å². The topological polar surface area (TPSA) is 53.9 Å². The van der Waals surface area contributed by atoms with Crippen LogP contribution in [0, 0.1) is 0 Å². The van der Waals surface area contributed by atoms with E-state index in [9.17, 15) is 0 Å². The number of nitrogens with zero attached hydrogens (tertiary/aromatic N) is 4. The summed E-state index contributed by atoms with van der Waals surface area (Å²) in [5.41, 5.74) is 3.73. The molecule has 1 aliphatic heterocycles. The van der Waals surface area contributed by atoms with Crippen LogP contribution in [-0.4, -0.2) is 35.1 Å². The number of aromatic nitrogens is 3. The van der Waals surface area contributed by atoms with Crippen LogP contribution < -0.4 is 10.2 Å². The lowest BCUT2D eigenvalue weighted by Crippen LogP contribution is -2.30. The average Bonchev–Trinajstić information content (AvgIpc) is 2.53. The van der Waals surface area contributed by atoms with Crippen molar-refractivity contribution >= 4 is 5.82 Å². The highest BCUT2D eigenvalue weighted by Gasteiger charge is 2.17. The van der Waals surface area contributed by atoms with Gasteiger partial charge in [-0.1, -0.05) is 0 Å². The zero-order chi connectivity index (χ0) is 13.8. The molecule has 2 aromatic rings. The maximum Gasteiger partial charge on any atom is 0.136 e. The Balaban J connectivity index is 1.72. The molecule has 3 heterocycles. The van der Waals surface area contributed by atoms with E-state index in [2.05, 4.69) is 44.3 Å². The Hall–Kier alpha value is -2.01. The van der Waals surface area contributed by atoms with Gasteiger partial charge in [0.15, 0.2) is 0 Å². The van der Waals surface area contributed by atoms with E-state index in [4.69, 9.17) is 0 Å². The van der Waals surface area contributed by atoms with Gasteiger partial charge in [-0.3, -0.25) is 4.98 Å². The van der Waals surface area contributed by atoms with Crippen LogP contribution in [0.25, 0.3) is 0 Å². The lowest BCUT2D eigenvalue weighted by atomic mass is 10.1. The van der Waals surface area contributed by atoms with Crippen molar-refractivity contribution in [3.63, 3.8) is 0 Å². The Bertz CT molecular complexity index is 570. The second kappa shape index (κ2) is 5.96. The number of nitrogens with one attached hydrogen (secondary N) is 1. The van der Waals surface area contributed by atoms with Crippen LogP contribution in [0.3, 0.4) is 0 Å². The Morgan fingerprint density at radius 1 is 1.25 bits per heavy atom. The molecule has 104 valence electrons. The van der Waals surface area contributed by atoms with Crippen LogP contribution in [0.2, 0.25) is 0 Å². The second-order valence-corrected chi connectivity index (χ2v) is 5.08. The molecule has 0 aromatic carbocycles. The quantitative estimate of drug-likeness (QED) is 0.904. The molecule has 5 heteroatoms. The first-order valence-corrected chi connectivity index (χ1v) is 6.98. The minimum Gasteiger partial charge on any atom is -0.359 e. The van der Waals surface area contributed by atoms with Crippen molar-refractivity contribution < 1.29 is 0 Å². The van der Waals surface area contributed by atoms with Crippen molar-refractivity contribution in [2.24, 2.45) is 0 Å². The van der Waals surface area contributed by atoms with E-state index >= 15 is 0 Å². The number of anilines is 1. The molecule has 0 atom stereocenters. The molecular formula is C15H19N5. The van der Waals surface area contributed by atoms with Crippen molar-refractivity contribution in [3.8, 4) is 0 Å². The molecule has 0 amide bonds. The van der Waals surface area contributed by atoms with E-state index in [1.54, 1.807) is 6.33 Å². The molecule has 0 fully saturated rings. The number of fused-ring (bicyclic) bond motifs is 1. The molecule has 0 bridgehead atoms. The lowest BCUT2D eigenvalue weighted by molar-refractivity contribution is 0.622. The van der Waals surface area contributed by atoms with Crippen LogP contribution in [-0.2, 0) is 19.4 Å². The highest BCUT2D eigenvalue weighted by Crippen LogP contribution is 2.21. The van der Waals surface area contributed by atoms with Crippen LogP contribution in [0.5, 0.6) is 0 Å². The summed E-state index contributed by atoms with van der Waals surface area (Å²) in [5, 5.41) is 3.40. The largest absolute Gasteiger partial charge is 0.359 e. The van der Waals surface area contributed by atoms with Crippen molar-refractivity contribution in [3.05, 3.63) is 47.7 Å². The number of hydrogen-bond donors (Lipinski definition) is 1. The SMILES string of the molecule is CN(CCc1ccncc1)c1ncnc2c1CNCC2. The van der Waals surface area contributed by atoms with Gasteiger partial charge in [0, 0.05) is 51.1 Å².